The molecule has 0 spiro atoms. The Labute approximate surface area is 116 Å². The molecule has 1 amide bonds. The minimum Gasteiger partial charge on any atom is -0.457 e. The Morgan fingerprint density at radius 2 is 1.90 bits per heavy atom. The van der Waals surface area contributed by atoms with Gasteiger partial charge in [0.1, 0.15) is 17.3 Å². The molecular weight excluding hydrogens is 259 g/mol. The van der Waals surface area contributed by atoms with Crippen molar-refractivity contribution in [3.63, 3.8) is 0 Å². The molecule has 2 aromatic rings. The lowest BCUT2D eigenvalue weighted by atomic mass is 10.3. The minimum absolute atomic E-state index is 0.133. The van der Waals surface area contributed by atoms with Crippen molar-refractivity contribution in [1.82, 2.24) is 0 Å². The van der Waals surface area contributed by atoms with Gasteiger partial charge in [-0.2, -0.15) is 0 Å². The van der Waals surface area contributed by atoms with Gasteiger partial charge in [-0.3, -0.25) is 4.79 Å². The van der Waals surface area contributed by atoms with Gasteiger partial charge in [0.15, 0.2) is 0 Å². The van der Waals surface area contributed by atoms with Crippen LogP contribution in [0.5, 0.6) is 11.5 Å². The number of halogens is 1. The maximum atomic E-state index is 13.0. The zero-order valence-corrected chi connectivity index (χ0v) is 10.8. The predicted molar refractivity (Wildman–Crippen MR) is 75.2 cm³/mol. The summed E-state index contributed by atoms with van der Waals surface area (Å²) in [7, 11) is 0. The highest BCUT2D eigenvalue weighted by Crippen LogP contribution is 2.23. The topological polar surface area (TPSA) is 64.4 Å². The van der Waals surface area contributed by atoms with Gasteiger partial charge in [0.05, 0.1) is 0 Å². The predicted octanol–water partition coefficient (Wildman–Crippen LogP) is 2.91. The molecule has 0 aliphatic carbocycles. The number of benzene rings is 2. The fraction of sp³-hybridized carbons (Fsp3) is 0.133. The molecular formula is C15H15FN2O2. The molecule has 0 unspecified atom stereocenters. The molecule has 0 fully saturated rings. The third-order valence-electron chi connectivity index (χ3n) is 2.54. The van der Waals surface area contributed by atoms with Crippen molar-refractivity contribution in [2.75, 3.05) is 11.9 Å². The van der Waals surface area contributed by atoms with Gasteiger partial charge >= 0.3 is 0 Å². The Bertz CT molecular complexity index is 585. The number of hydrogen-bond acceptors (Lipinski definition) is 3. The van der Waals surface area contributed by atoms with Crippen LogP contribution in [-0.2, 0) is 4.79 Å². The largest absolute Gasteiger partial charge is 0.457 e. The van der Waals surface area contributed by atoms with Crippen molar-refractivity contribution >= 4 is 11.6 Å². The number of carbonyl (C=O) groups excluding carboxylic acids is 1. The molecule has 0 saturated carbocycles. The molecule has 0 aliphatic rings. The maximum Gasteiger partial charge on any atom is 0.225 e. The molecule has 0 atom stereocenters. The zero-order valence-electron chi connectivity index (χ0n) is 10.8. The highest BCUT2D eigenvalue weighted by molar-refractivity contribution is 5.90. The Balaban J connectivity index is 1.99. The number of ether oxygens (including phenoxy) is 1. The Kier molecular flexibility index (Phi) is 4.68. The van der Waals surface area contributed by atoms with Crippen molar-refractivity contribution < 1.29 is 13.9 Å². The second-order valence-corrected chi connectivity index (χ2v) is 4.17. The lowest BCUT2D eigenvalue weighted by Gasteiger charge is -2.08. The molecule has 0 heterocycles. The molecule has 0 bridgehead atoms. The van der Waals surface area contributed by atoms with Crippen LogP contribution in [0, 0.1) is 5.82 Å². The molecule has 20 heavy (non-hydrogen) atoms. The van der Waals surface area contributed by atoms with E-state index in [9.17, 15) is 9.18 Å². The SMILES string of the molecule is NCCC(=O)Nc1ccc(Oc2cccc(F)c2)cc1. The van der Waals surface area contributed by atoms with Crippen LogP contribution in [0.15, 0.2) is 48.5 Å². The molecule has 2 aromatic carbocycles. The first-order valence-electron chi connectivity index (χ1n) is 6.21. The third-order valence-corrected chi connectivity index (χ3v) is 2.54. The van der Waals surface area contributed by atoms with Crippen molar-refractivity contribution in [3.8, 4) is 11.5 Å². The Morgan fingerprint density at radius 1 is 1.15 bits per heavy atom. The fourth-order valence-electron chi connectivity index (χ4n) is 1.63. The van der Waals surface area contributed by atoms with E-state index in [0.717, 1.165) is 0 Å². The van der Waals surface area contributed by atoms with Gasteiger partial charge in [-0.1, -0.05) is 6.07 Å². The number of amides is 1. The number of nitrogens with two attached hydrogens (primary N) is 1. The van der Waals surface area contributed by atoms with E-state index >= 15 is 0 Å². The number of hydrogen-bond donors (Lipinski definition) is 2. The van der Waals surface area contributed by atoms with Gasteiger partial charge < -0.3 is 15.8 Å². The number of anilines is 1. The van der Waals surface area contributed by atoms with E-state index in [0.29, 0.717) is 23.7 Å². The van der Waals surface area contributed by atoms with Crippen molar-refractivity contribution in [2.45, 2.75) is 6.42 Å². The smallest absolute Gasteiger partial charge is 0.225 e. The minimum atomic E-state index is -0.354. The van der Waals surface area contributed by atoms with Crippen LogP contribution < -0.4 is 15.8 Å². The summed E-state index contributed by atoms with van der Waals surface area (Å²) < 4.78 is 18.5. The summed E-state index contributed by atoms with van der Waals surface area (Å²) in [4.78, 5) is 11.4. The van der Waals surface area contributed by atoms with E-state index in [2.05, 4.69) is 5.32 Å². The average Bonchev–Trinajstić information content (AvgIpc) is 2.41. The van der Waals surface area contributed by atoms with Crippen LogP contribution in [-0.4, -0.2) is 12.5 Å². The molecule has 0 saturated heterocycles. The van der Waals surface area contributed by atoms with Crippen molar-refractivity contribution in [1.29, 1.82) is 0 Å². The van der Waals surface area contributed by atoms with Gasteiger partial charge in [-0.05, 0) is 36.4 Å². The summed E-state index contributed by atoms with van der Waals surface area (Å²) in [5.41, 5.74) is 5.96. The number of carbonyl (C=O) groups is 1. The second kappa shape index (κ2) is 6.68. The lowest BCUT2D eigenvalue weighted by molar-refractivity contribution is -0.116. The van der Waals surface area contributed by atoms with Gasteiger partial charge in [0, 0.05) is 24.7 Å². The van der Waals surface area contributed by atoms with Gasteiger partial charge in [0.2, 0.25) is 5.91 Å². The van der Waals surface area contributed by atoms with E-state index in [4.69, 9.17) is 10.5 Å². The van der Waals surface area contributed by atoms with Gasteiger partial charge in [-0.25, -0.2) is 4.39 Å². The van der Waals surface area contributed by atoms with E-state index in [1.165, 1.54) is 12.1 Å². The number of nitrogens with one attached hydrogen (secondary N) is 1. The van der Waals surface area contributed by atoms with Crippen molar-refractivity contribution in [2.24, 2.45) is 5.73 Å². The normalized spacial score (nSPS) is 10.1. The molecule has 2 rings (SSSR count). The highest BCUT2D eigenvalue weighted by Gasteiger charge is 2.02. The lowest BCUT2D eigenvalue weighted by Crippen LogP contribution is -2.15. The standard InChI is InChI=1S/C15H15FN2O2/c16-11-2-1-3-14(10-11)20-13-6-4-12(5-7-13)18-15(19)8-9-17/h1-7,10H,8-9,17H2,(H,18,19). The summed E-state index contributed by atoms with van der Waals surface area (Å²) in [5, 5.41) is 2.71. The Morgan fingerprint density at radius 3 is 2.55 bits per heavy atom. The van der Waals surface area contributed by atoms with E-state index in [-0.39, 0.29) is 18.1 Å². The first-order chi connectivity index (χ1) is 9.67. The molecule has 0 radical (unpaired) electrons. The fourth-order valence-corrected chi connectivity index (χ4v) is 1.63. The van der Waals surface area contributed by atoms with E-state index in [1.807, 2.05) is 0 Å². The quantitative estimate of drug-likeness (QED) is 0.881. The van der Waals surface area contributed by atoms with Crippen molar-refractivity contribution in [3.05, 3.63) is 54.3 Å². The van der Waals surface area contributed by atoms with E-state index in [1.54, 1.807) is 36.4 Å². The molecule has 4 nitrogen and oxygen atoms in total. The first-order valence-corrected chi connectivity index (χ1v) is 6.21. The van der Waals surface area contributed by atoms with Crippen LogP contribution in [0.25, 0.3) is 0 Å². The van der Waals surface area contributed by atoms with Crippen LogP contribution >= 0.6 is 0 Å². The maximum absolute atomic E-state index is 13.0. The molecule has 0 aliphatic heterocycles. The number of rotatable bonds is 5. The summed E-state index contributed by atoms with van der Waals surface area (Å²) >= 11 is 0. The first kappa shape index (κ1) is 14.0. The third kappa shape index (κ3) is 4.07. The zero-order chi connectivity index (χ0) is 14.4. The summed E-state index contributed by atoms with van der Waals surface area (Å²) in [5.74, 6) is 0.497. The van der Waals surface area contributed by atoms with Gasteiger partial charge in [0.25, 0.3) is 0 Å². The monoisotopic (exact) mass is 274 g/mol. The van der Waals surface area contributed by atoms with Crippen LogP contribution in [0.4, 0.5) is 10.1 Å². The molecule has 104 valence electrons. The van der Waals surface area contributed by atoms with Crippen LogP contribution in [0.3, 0.4) is 0 Å². The average molecular weight is 274 g/mol. The molecule has 0 aromatic heterocycles. The summed E-state index contributed by atoms with van der Waals surface area (Å²) in [6.45, 7) is 0.312. The Hall–Kier alpha value is -2.40. The van der Waals surface area contributed by atoms with Crippen LogP contribution in [0.1, 0.15) is 6.42 Å². The van der Waals surface area contributed by atoms with E-state index < -0.39 is 0 Å². The summed E-state index contributed by atoms with van der Waals surface area (Å²) in [6, 6.07) is 12.7. The van der Waals surface area contributed by atoms with Crippen LogP contribution in [0.2, 0.25) is 0 Å². The molecule has 5 heteroatoms. The summed E-state index contributed by atoms with van der Waals surface area (Å²) in [6.07, 6.45) is 0.279. The molecule has 3 N–H and O–H groups in total. The highest BCUT2D eigenvalue weighted by atomic mass is 19.1. The second-order valence-electron chi connectivity index (χ2n) is 4.17. The van der Waals surface area contributed by atoms with Gasteiger partial charge in [-0.15, -0.1) is 0 Å².